The van der Waals surface area contributed by atoms with Crippen LogP contribution in [-0.2, 0) is 0 Å². The molecule has 1 amide bonds. The van der Waals surface area contributed by atoms with Crippen molar-refractivity contribution >= 4 is 5.91 Å². The molecule has 4 nitrogen and oxygen atoms in total. The Morgan fingerprint density at radius 1 is 1.30 bits per heavy atom. The molecule has 0 bridgehead atoms. The Morgan fingerprint density at radius 3 is 2.60 bits per heavy atom. The standard InChI is InChI=1S/C16H26N2O2/c1-12(2)20-15-8-6-7-14(9-15)16(19)17-10-13(3)11-18(4)5/h6-9,12-13H,10-11H2,1-5H3,(H,17,19)/p+1/t13-/m1/s1. The number of nitrogens with one attached hydrogen (secondary N) is 2. The van der Waals surface area contributed by atoms with E-state index in [0.717, 1.165) is 12.3 Å². The number of carbonyl (C=O) groups excluding carboxylic acids is 1. The minimum Gasteiger partial charge on any atom is -0.491 e. The van der Waals surface area contributed by atoms with Crippen molar-refractivity contribution < 1.29 is 14.4 Å². The molecule has 20 heavy (non-hydrogen) atoms. The van der Waals surface area contributed by atoms with Crippen LogP contribution in [0, 0.1) is 5.92 Å². The topological polar surface area (TPSA) is 42.8 Å². The van der Waals surface area contributed by atoms with E-state index in [4.69, 9.17) is 4.74 Å². The highest BCUT2D eigenvalue weighted by molar-refractivity contribution is 5.94. The van der Waals surface area contributed by atoms with E-state index in [-0.39, 0.29) is 12.0 Å². The van der Waals surface area contributed by atoms with Crippen LogP contribution < -0.4 is 15.0 Å². The Hall–Kier alpha value is -1.55. The molecular weight excluding hydrogens is 252 g/mol. The van der Waals surface area contributed by atoms with Crippen LogP contribution in [0.3, 0.4) is 0 Å². The van der Waals surface area contributed by atoms with Crippen molar-refractivity contribution in [1.29, 1.82) is 0 Å². The average molecular weight is 279 g/mol. The van der Waals surface area contributed by atoms with Gasteiger partial charge in [0.25, 0.3) is 5.91 Å². The van der Waals surface area contributed by atoms with Gasteiger partial charge in [0, 0.05) is 18.0 Å². The molecule has 0 aliphatic heterocycles. The van der Waals surface area contributed by atoms with Gasteiger partial charge < -0.3 is 15.0 Å². The van der Waals surface area contributed by atoms with Gasteiger partial charge >= 0.3 is 0 Å². The quantitative estimate of drug-likeness (QED) is 0.781. The largest absolute Gasteiger partial charge is 0.491 e. The van der Waals surface area contributed by atoms with Crippen molar-refractivity contribution in [2.75, 3.05) is 27.2 Å². The molecule has 0 aliphatic rings. The lowest BCUT2D eigenvalue weighted by Crippen LogP contribution is -3.06. The molecule has 1 aromatic carbocycles. The molecule has 1 aromatic rings. The second-order valence-corrected chi connectivity index (χ2v) is 5.92. The molecule has 2 N–H and O–H groups in total. The Labute approximate surface area is 122 Å². The number of hydrogen-bond acceptors (Lipinski definition) is 2. The van der Waals surface area contributed by atoms with Gasteiger partial charge in [0.2, 0.25) is 0 Å². The minimum atomic E-state index is -0.0418. The highest BCUT2D eigenvalue weighted by Gasteiger charge is 2.11. The van der Waals surface area contributed by atoms with Crippen molar-refractivity contribution in [3.63, 3.8) is 0 Å². The molecule has 0 aliphatic carbocycles. The zero-order valence-electron chi connectivity index (χ0n) is 13.2. The van der Waals surface area contributed by atoms with E-state index in [0.29, 0.717) is 18.0 Å². The van der Waals surface area contributed by atoms with E-state index in [1.165, 1.54) is 4.90 Å². The Bertz CT molecular complexity index is 430. The number of benzene rings is 1. The third-order valence-electron chi connectivity index (χ3n) is 2.84. The van der Waals surface area contributed by atoms with Crippen LogP contribution in [0.4, 0.5) is 0 Å². The van der Waals surface area contributed by atoms with Crippen molar-refractivity contribution in [1.82, 2.24) is 5.32 Å². The van der Waals surface area contributed by atoms with Gasteiger partial charge in [0.05, 0.1) is 26.7 Å². The van der Waals surface area contributed by atoms with Crippen LogP contribution in [0.5, 0.6) is 5.75 Å². The molecule has 1 rings (SSSR count). The van der Waals surface area contributed by atoms with Gasteiger partial charge in [0.15, 0.2) is 0 Å². The molecule has 0 unspecified atom stereocenters. The van der Waals surface area contributed by atoms with Gasteiger partial charge in [-0.3, -0.25) is 4.79 Å². The molecule has 0 fully saturated rings. The van der Waals surface area contributed by atoms with Gasteiger partial charge in [-0.15, -0.1) is 0 Å². The lowest BCUT2D eigenvalue weighted by atomic mass is 10.1. The lowest BCUT2D eigenvalue weighted by Gasteiger charge is -2.15. The van der Waals surface area contributed by atoms with E-state index >= 15 is 0 Å². The molecule has 0 saturated carbocycles. The number of hydrogen-bond donors (Lipinski definition) is 2. The van der Waals surface area contributed by atoms with Gasteiger partial charge in [0.1, 0.15) is 5.75 Å². The number of amides is 1. The van der Waals surface area contributed by atoms with Gasteiger partial charge in [-0.25, -0.2) is 0 Å². The minimum absolute atomic E-state index is 0.0418. The highest BCUT2D eigenvalue weighted by atomic mass is 16.5. The third kappa shape index (κ3) is 6.06. The summed E-state index contributed by atoms with van der Waals surface area (Å²) < 4.78 is 5.60. The van der Waals surface area contributed by atoms with Crippen molar-refractivity contribution in [2.24, 2.45) is 5.92 Å². The molecule has 0 heterocycles. The molecule has 1 atom stereocenters. The summed E-state index contributed by atoms with van der Waals surface area (Å²) in [7, 11) is 4.23. The van der Waals surface area contributed by atoms with Crippen molar-refractivity contribution in [3.8, 4) is 5.75 Å². The van der Waals surface area contributed by atoms with E-state index in [2.05, 4.69) is 26.3 Å². The second-order valence-electron chi connectivity index (χ2n) is 5.92. The number of carbonyl (C=O) groups is 1. The fraction of sp³-hybridized carbons (Fsp3) is 0.562. The summed E-state index contributed by atoms with van der Waals surface area (Å²) in [6, 6.07) is 7.32. The van der Waals surface area contributed by atoms with Crippen molar-refractivity contribution in [3.05, 3.63) is 29.8 Å². The van der Waals surface area contributed by atoms with E-state index in [9.17, 15) is 4.79 Å². The zero-order valence-corrected chi connectivity index (χ0v) is 13.2. The van der Waals surface area contributed by atoms with Crippen LogP contribution >= 0.6 is 0 Å². The summed E-state index contributed by atoms with van der Waals surface area (Å²) in [4.78, 5) is 13.5. The van der Waals surface area contributed by atoms with Crippen molar-refractivity contribution in [2.45, 2.75) is 26.9 Å². The fourth-order valence-electron chi connectivity index (χ4n) is 2.12. The fourth-order valence-corrected chi connectivity index (χ4v) is 2.12. The zero-order chi connectivity index (χ0) is 15.1. The summed E-state index contributed by atoms with van der Waals surface area (Å²) >= 11 is 0. The molecule has 0 radical (unpaired) electrons. The maximum absolute atomic E-state index is 12.1. The van der Waals surface area contributed by atoms with E-state index < -0.39 is 0 Å². The summed E-state index contributed by atoms with van der Waals surface area (Å²) in [6.45, 7) is 7.82. The number of rotatable bonds is 7. The molecule has 0 aromatic heterocycles. The first-order chi connectivity index (χ1) is 9.38. The predicted octanol–water partition coefficient (Wildman–Crippen LogP) is 0.984. The second kappa shape index (κ2) is 7.90. The van der Waals surface area contributed by atoms with Gasteiger partial charge in [-0.2, -0.15) is 0 Å². The molecule has 4 heteroatoms. The molecule has 0 spiro atoms. The van der Waals surface area contributed by atoms with Crippen LogP contribution in [0.1, 0.15) is 31.1 Å². The lowest BCUT2D eigenvalue weighted by molar-refractivity contribution is -0.861. The Balaban J connectivity index is 2.55. The Morgan fingerprint density at radius 2 is 2.00 bits per heavy atom. The number of ether oxygens (including phenoxy) is 1. The maximum atomic E-state index is 12.1. The molecule has 112 valence electrons. The SMILES string of the molecule is CC(C)Oc1cccc(C(=O)NC[C@@H](C)C[NH+](C)C)c1. The predicted molar refractivity (Wildman–Crippen MR) is 81.4 cm³/mol. The van der Waals surface area contributed by atoms with E-state index in [1.54, 1.807) is 6.07 Å². The van der Waals surface area contributed by atoms with Gasteiger partial charge in [-0.1, -0.05) is 13.0 Å². The summed E-state index contributed by atoms with van der Waals surface area (Å²) in [6.07, 6.45) is 0.108. The summed E-state index contributed by atoms with van der Waals surface area (Å²) in [5.74, 6) is 1.15. The summed E-state index contributed by atoms with van der Waals surface area (Å²) in [5, 5.41) is 2.98. The normalized spacial score (nSPS) is 12.6. The Kier molecular flexibility index (Phi) is 6.52. The van der Waals surface area contributed by atoms with Gasteiger partial charge in [-0.05, 0) is 32.0 Å². The van der Waals surface area contributed by atoms with Crippen LogP contribution in [-0.4, -0.2) is 39.2 Å². The third-order valence-corrected chi connectivity index (χ3v) is 2.84. The van der Waals surface area contributed by atoms with Crippen LogP contribution in [0.15, 0.2) is 24.3 Å². The monoisotopic (exact) mass is 279 g/mol. The summed E-state index contributed by atoms with van der Waals surface area (Å²) in [5.41, 5.74) is 0.646. The first-order valence-electron chi connectivity index (χ1n) is 7.22. The highest BCUT2D eigenvalue weighted by Crippen LogP contribution is 2.14. The maximum Gasteiger partial charge on any atom is 0.251 e. The van der Waals surface area contributed by atoms with Crippen LogP contribution in [0.25, 0.3) is 0 Å². The molecule has 0 saturated heterocycles. The van der Waals surface area contributed by atoms with Crippen LogP contribution in [0.2, 0.25) is 0 Å². The first kappa shape index (κ1) is 16.5. The van der Waals surface area contributed by atoms with E-state index in [1.807, 2.05) is 32.0 Å². The molecular formula is C16H27N2O2+. The first-order valence-corrected chi connectivity index (χ1v) is 7.22. The number of quaternary nitrogens is 1. The smallest absolute Gasteiger partial charge is 0.251 e. The average Bonchev–Trinajstić information content (AvgIpc) is 2.34.